The second kappa shape index (κ2) is 9.49. The Hall–Kier alpha value is -1.96. The van der Waals surface area contributed by atoms with Crippen molar-refractivity contribution >= 4 is 44.4 Å². The summed E-state index contributed by atoms with van der Waals surface area (Å²) in [5.41, 5.74) is 1.36. The Morgan fingerprint density at radius 1 is 1.21 bits per heavy atom. The number of anilines is 1. The molecule has 0 aliphatic carbocycles. The van der Waals surface area contributed by atoms with E-state index >= 15 is 0 Å². The molecule has 0 fully saturated rings. The molecule has 0 unspecified atom stereocenters. The lowest BCUT2D eigenvalue weighted by Crippen LogP contribution is -3.12. The third-order valence-corrected chi connectivity index (χ3v) is 6.59. The van der Waals surface area contributed by atoms with Gasteiger partial charge in [0.15, 0.2) is 5.13 Å². The number of likely N-dealkylation sites (N-methyl/N-ethyl adjacent to an activating group) is 1. The molecule has 28 heavy (non-hydrogen) atoms. The highest BCUT2D eigenvalue weighted by Gasteiger charge is 2.23. The second-order valence-electron chi connectivity index (χ2n) is 6.50. The van der Waals surface area contributed by atoms with Gasteiger partial charge in [0, 0.05) is 10.5 Å². The molecular formula is C21H25FN3OS2+. The topological polar surface area (TPSA) is 37.6 Å². The van der Waals surface area contributed by atoms with E-state index in [4.69, 9.17) is 0 Å². The average molecular weight is 419 g/mol. The van der Waals surface area contributed by atoms with E-state index in [1.54, 1.807) is 22.7 Å². The van der Waals surface area contributed by atoms with Gasteiger partial charge < -0.3 is 4.90 Å². The van der Waals surface area contributed by atoms with Gasteiger partial charge in [-0.1, -0.05) is 17.4 Å². The van der Waals surface area contributed by atoms with E-state index in [1.165, 1.54) is 28.4 Å². The lowest BCUT2D eigenvalue weighted by atomic mass is 10.2. The van der Waals surface area contributed by atoms with Gasteiger partial charge in [0.2, 0.25) is 0 Å². The number of thioether (sulfide) groups is 1. The normalized spacial score (nSPS) is 11.3. The van der Waals surface area contributed by atoms with E-state index < -0.39 is 0 Å². The van der Waals surface area contributed by atoms with Crippen LogP contribution in [0.25, 0.3) is 10.2 Å². The fourth-order valence-electron chi connectivity index (χ4n) is 3.07. The Kier molecular flexibility index (Phi) is 7.04. The number of fused-ring (bicyclic) bond motifs is 1. The Labute approximate surface area is 173 Å². The zero-order chi connectivity index (χ0) is 20.1. The van der Waals surface area contributed by atoms with Crippen molar-refractivity contribution in [3.05, 3.63) is 53.8 Å². The zero-order valence-electron chi connectivity index (χ0n) is 16.4. The Balaban J connectivity index is 1.96. The molecule has 0 bridgehead atoms. The molecule has 1 aromatic heterocycles. The second-order valence-corrected chi connectivity index (χ2v) is 8.39. The monoisotopic (exact) mass is 418 g/mol. The van der Waals surface area contributed by atoms with Crippen molar-refractivity contribution in [2.24, 2.45) is 0 Å². The number of halogens is 1. The molecule has 7 heteroatoms. The molecule has 1 amide bonds. The highest BCUT2D eigenvalue weighted by Crippen LogP contribution is 2.30. The molecule has 0 saturated carbocycles. The van der Waals surface area contributed by atoms with Crippen molar-refractivity contribution in [1.29, 1.82) is 0 Å². The van der Waals surface area contributed by atoms with Crippen LogP contribution in [0.2, 0.25) is 0 Å². The summed E-state index contributed by atoms with van der Waals surface area (Å²) in [4.78, 5) is 22.2. The number of quaternary nitrogens is 1. The molecule has 0 saturated heterocycles. The highest BCUT2D eigenvalue weighted by atomic mass is 32.2. The molecular weight excluding hydrogens is 393 g/mol. The summed E-state index contributed by atoms with van der Waals surface area (Å²) in [5, 5.41) is 0.617. The van der Waals surface area contributed by atoms with Gasteiger partial charge in [-0.05, 0) is 56.5 Å². The van der Waals surface area contributed by atoms with Crippen molar-refractivity contribution < 1.29 is 14.1 Å². The van der Waals surface area contributed by atoms with Gasteiger partial charge in [0.25, 0.3) is 5.91 Å². The average Bonchev–Trinajstić information content (AvgIpc) is 3.13. The number of amides is 1. The van der Waals surface area contributed by atoms with Crippen LogP contribution in [-0.2, 0) is 0 Å². The summed E-state index contributed by atoms with van der Waals surface area (Å²) >= 11 is 2.97. The number of carbonyl (C=O) groups excluding carboxylic acids is 1. The SMILES string of the molecule is CC[NH+](CC)CCN(C(=O)c1cccc(SC)c1)c1nc2ccc(F)cc2s1. The molecule has 3 aromatic rings. The van der Waals surface area contributed by atoms with Crippen LogP contribution in [0, 0.1) is 5.82 Å². The number of carbonyl (C=O) groups is 1. The largest absolute Gasteiger partial charge is 0.334 e. The molecule has 2 aromatic carbocycles. The Morgan fingerprint density at radius 2 is 2.00 bits per heavy atom. The van der Waals surface area contributed by atoms with Gasteiger partial charge in [-0.2, -0.15) is 0 Å². The lowest BCUT2D eigenvalue weighted by molar-refractivity contribution is -0.894. The first-order chi connectivity index (χ1) is 13.5. The van der Waals surface area contributed by atoms with E-state index in [0.717, 1.165) is 29.2 Å². The number of nitrogens with zero attached hydrogens (tertiary/aromatic N) is 2. The molecule has 3 rings (SSSR count). The van der Waals surface area contributed by atoms with E-state index in [9.17, 15) is 9.18 Å². The van der Waals surface area contributed by atoms with Gasteiger partial charge in [-0.25, -0.2) is 9.37 Å². The minimum absolute atomic E-state index is 0.0676. The quantitative estimate of drug-likeness (QED) is 0.567. The van der Waals surface area contributed by atoms with Crippen LogP contribution >= 0.6 is 23.1 Å². The summed E-state index contributed by atoms with van der Waals surface area (Å²) in [5.74, 6) is -0.359. The highest BCUT2D eigenvalue weighted by molar-refractivity contribution is 7.98. The Bertz CT molecular complexity index is 956. The van der Waals surface area contributed by atoms with Gasteiger partial charge in [0.05, 0.1) is 36.4 Å². The van der Waals surface area contributed by atoms with E-state index in [-0.39, 0.29) is 11.7 Å². The summed E-state index contributed by atoms with van der Waals surface area (Å²) in [7, 11) is 0. The molecule has 1 N–H and O–H groups in total. The van der Waals surface area contributed by atoms with E-state index in [0.29, 0.717) is 22.8 Å². The first-order valence-corrected chi connectivity index (χ1v) is 11.4. The van der Waals surface area contributed by atoms with Crippen molar-refractivity contribution in [2.75, 3.05) is 37.3 Å². The summed E-state index contributed by atoms with van der Waals surface area (Å²) in [6.07, 6.45) is 1.99. The van der Waals surface area contributed by atoms with Gasteiger partial charge in [-0.15, -0.1) is 11.8 Å². The number of rotatable bonds is 8. The standard InChI is InChI=1S/C21H24FN3OS2/c1-4-24(5-2)11-12-25(20(26)15-7-6-8-17(13-15)27-3)21-23-18-10-9-16(22)14-19(18)28-21/h6-10,13-14H,4-5,11-12H2,1-3H3/p+1. The van der Waals surface area contributed by atoms with Crippen LogP contribution < -0.4 is 9.80 Å². The number of thiazole rings is 1. The fraction of sp³-hybridized carbons (Fsp3) is 0.333. The predicted molar refractivity (Wildman–Crippen MR) is 116 cm³/mol. The first kappa shape index (κ1) is 20.8. The smallest absolute Gasteiger partial charge is 0.260 e. The third-order valence-electron chi connectivity index (χ3n) is 4.82. The van der Waals surface area contributed by atoms with Gasteiger partial charge in [-0.3, -0.25) is 9.69 Å². The van der Waals surface area contributed by atoms with Crippen molar-refractivity contribution in [3.63, 3.8) is 0 Å². The molecule has 1 heterocycles. The van der Waals surface area contributed by atoms with Crippen LogP contribution in [0.3, 0.4) is 0 Å². The number of aromatic nitrogens is 1. The van der Waals surface area contributed by atoms with Crippen LogP contribution in [-0.4, -0.2) is 43.3 Å². The first-order valence-electron chi connectivity index (χ1n) is 9.41. The minimum Gasteiger partial charge on any atom is -0.334 e. The molecule has 0 spiro atoms. The molecule has 0 atom stereocenters. The number of hydrogen-bond acceptors (Lipinski definition) is 4. The molecule has 0 aliphatic rings. The van der Waals surface area contributed by atoms with Crippen molar-refractivity contribution in [2.45, 2.75) is 18.7 Å². The summed E-state index contributed by atoms with van der Waals surface area (Å²) in [6.45, 7) is 7.71. The van der Waals surface area contributed by atoms with Crippen molar-refractivity contribution in [3.8, 4) is 0 Å². The predicted octanol–water partition coefficient (Wildman–Crippen LogP) is 3.73. The molecule has 0 aliphatic heterocycles. The Morgan fingerprint density at radius 3 is 2.71 bits per heavy atom. The van der Waals surface area contributed by atoms with Crippen LogP contribution in [0.15, 0.2) is 47.4 Å². The number of benzene rings is 2. The van der Waals surface area contributed by atoms with Gasteiger partial charge in [0.1, 0.15) is 5.82 Å². The summed E-state index contributed by atoms with van der Waals surface area (Å²) < 4.78 is 14.3. The van der Waals surface area contributed by atoms with Crippen LogP contribution in [0.5, 0.6) is 0 Å². The fourth-order valence-corrected chi connectivity index (χ4v) is 4.55. The summed E-state index contributed by atoms with van der Waals surface area (Å²) in [6, 6.07) is 12.2. The van der Waals surface area contributed by atoms with E-state index in [1.807, 2.05) is 30.5 Å². The van der Waals surface area contributed by atoms with Crippen LogP contribution in [0.1, 0.15) is 24.2 Å². The minimum atomic E-state index is -0.291. The maximum absolute atomic E-state index is 13.6. The maximum atomic E-state index is 13.6. The zero-order valence-corrected chi connectivity index (χ0v) is 18.0. The molecule has 148 valence electrons. The number of hydrogen-bond donors (Lipinski definition) is 1. The van der Waals surface area contributed by atoms with Gasteiger partial charge >= 0.3 is 0 Å². The maximum Gasteiger partial charge on any atom is 0.260 e. The lowest BCUT2D eigenvalue weighted by Gasteiger charge is -2.23. The number of nitrogens with one attached hydrogen (secondary N) is 1. The molecule has 0 radical (unpaired) electrons. The van der Waals surface area contributed by atoms with Crippen LogP contribution in [0.4, 0.5) is 9.52 Å². The van der Waals surface area contributed by atoms with Crippen molar-refractivity contribution in [1.82, 2.24) is 4.98 Å². The third kappa shape index (κ3) is 4.71. The molecule has 4 nitrogen and oxygen atoms in total. The van der Waals surface area contributed by atoms with E-state index in [2.05, 4.69) is 18.8 Å².